The maximum absolute atomic E-state index is 13.3. The highest BCUT2D eigenvalue weighted by Gasteiger charge is 2.22. The summed E-state index contributed by atoms with van der Waals surface area (Å²) >= 11 is 3.41. The number of ether oxygens (including phenoxy) is 3. The Labute approximate surface area is 173 Å². The van der Waals surface area contributed by atoms with E-state index in [2.05, 4.69) is 15.9 Å². The summed E-state index contributed by atoms with van der Waals surface area (Å²) in [6.45, 7) is 1.96. The highest BCUT2D eigenvalue weighted by atomic mass is 79.9. The fourth-order valence-electron chi connectivity index (χ4n) is 3.09. The van der Waals surface area contributed by atoms with Crippen molar-refractivity contribution in [2.45, 2.75) is 6.92 Å². The van der Waals surface area contributed by atoms with Gasteiger partial charge in [-0.1, -0.05) is 33.6 Å². The molecule has 0 aromatic heterocycles. The van der Waals surface area contributed by atoms with Crippen LogP contribution >= 0.6 is 15.9 Å². The molecule has 0 aliphatic heterocycles. The number of aryl methyl sites for hydroxylation is 1. The number of halogens is 1. The summed E-state index contributed by atoms with van der Waals surface area (Å²) in [4.78, 5) is 13.3. The Morgan fingerprint density at radius 2 is 1.43 bits per heavy atom. The zero-order valence-electron chi connectivity index (χ0n) is 16.2. The Bertz CT molecular complexity index is 985. The third kappa shape index (κ3) is 3.90. The summed E-state index contributed by atoms with van der Waals surface area (Å²) < 4.78 is 17.4. The van der Waals surface area contributed by atoms with Gasteiger partial charge in [-0.25, -0.2) is 0 Å². The molecule has 0 fully saturated rings. The van der Waals surface area contributed by atoms with E-state index >= 15 is 0 Å². The molecule has 0 unspecified atom stereocenters. The quantitative estimate of drug-likeness (QED) is 0.462. The smallest absolute Gasteiger partial charge is 0.193 e. The number of carbonyl (C=O) groups is 1. The minimum Gasteiger partial charge on any atom is -0.496 e. The SMILES string of the molecule is COc1cc(OC)c(-c2ccc(C)cc2C(=O)c2ccc(Br)cc2)c(OC)c1. The second-order valence-electron chi connectivity index (χ2n) is 6.29. The Balaban J connectivity index is 2.24. The summed E-state index contributed by atoms with van der Waals surface area (Å²) in [6.07, 6.45) is 0. The molecule has 0 amide bonds. The van der Waals surface area contributed by atoms with Crippen LogP contribution in [0.2, 0.25) is 0 Å². The van der Waals surface area contributed by atoms with Crippen LogP contribution in [-0.4, -0.2) is 27.1 Å². The molecule has 3 aromatic carbocycles. The number of carbonyl (C=O) groups excluding carboxylic acids is 1. The molecule has 28 heavy (non-hydrogen) atoms. The van der Waals surface area contributed by atoms with Crippen LogP contribution in [0.5, 0.6) is 17.2 Å². The fourth-order valence-corrected chi connectivity index (χ4v) is 3.36. The molecule has 0 N–H and O–H groups in total. The van der Waals surface area contributed by atoms with E-state index in [-0.39, 0.29) is 5.78 Å². The van der Waals surface area contributed by atoms with Crippen LogP contribution in [0.1, 0.15) is 21.5 Å². The number of methoxy groups -OCH3 is 3. The largest absolute Gasteiger partial charge is 0.496 e. The van der Waals surface area contributed by atoms with Crippen molar-refractivity contribution in [3.8, 4) is 28.4 Å². The van der Waals surface area contributed by atoms with Gasteiger partial charge in [-0.05, 0) is 37.3 Å². The summed E-state index contributed by atoms with van der Waals surface area (Å²) in [7, 11) is 4.76. The molecule has 0 aliphatic carbocycles. The summed E-state index contributed by atoms with van der Waals surface area (Å²) in [5.74, 6) is 1.70. The van der Waals surface area contributed by atoms with Gasteiger partial charge in [0.25, 0.3) is 0 Å². The fraction of sp³-hybridized carbons (Fsp3) is 0.174. The minimum absolute atomic E-state index is 0.0638. The van der Waals surface area contributed by atoms with Gasteiger partial charge in [-0.3, -0.25) is 4.79 Å². The van der Waals surface area contributed by atoms with Crippen molar-refractivity contribution in [3.05, 3.63) is 75.8 Å². The lowest BCUT2D eigenvalue weighted by molar-refractivity contribution is 0.103. The zero-order valence-corrected chi connectivity index (χ0v) is 17.8. The molecule has 0 spiro atoms. The highest BCUT2D eigenvalue weighted by Crippen LogP contribution is 2.43. The third-order valence-corrected chi connectivity index (χ3v) is 5.04. The van der Waals surface area contributed by atoms with Crippen molar-refractivity contribution in [3.63, 3.8) is 0 Å². The van der Waals surface area contributed by atoms with Gasteiger partial charge in [0, 0.05) is 33.3 Å². The first-order chi connectivity index (χ1) is 13.5. The van der Waals surface area contributed by atoms with Crippen molar-refractivity contribution < 1.29 is 19.0 Å². The van der Waals surface area contributed by atoms with Crippen LogP contribution in [0.3, 0.4) is 0 Å². The first-order valence-corrected chi connectivity index (χ1v) is 9.49. The van der Waals surface area contributed by atoms with Crippen LogP contribution in [0.25, 0.3) is 11.1 Å². The molecule has 0 aliphatic rings. The first kappa shape index (κ1) is 20.0. The number of ketones is 1. The van der Waals surface area contributed by atoms with Crippen LogP contribution in [-0.2, 0) is 0 Å². The molecule has 5 heteroatoms. The summed E-state index contributed by atoms with van der Waals surface area (Å²) in [6, 6.07) is 16.7. The Kier molecular flexibility index (Phi) is 6.05. The van der Waals surface area contributed by atoms with Gasteiger partial charge in [0.15, 0.2) is 5.78 Å². The monoisotopic (exact) mass is 440 g/mol. The van der Waals surface area contributed by atoms with E-state index in [1.54, 1.807) is 45.6 Å². The van der Waals surface area contributed by atoms with E-state index in [4.69, 9.17) is 14.2 Å². The zero-order chi connectivity index (χ0) is 20.3. The Hall–Kier alpha value is -2.79. The van der Waals surface area contributed by atoms with Crippen molar-refractivity contribution in [2.75, 3.05) is 21.3 Å². The molecular formula is C23H21BrO4. The molecule has 0 saturated heterocycles. The predicted octanol–water partition coefficient (Wildman–Crippen LogP) is 5.68. The second-order valence-corrected chi connectivity index (χ2v) is 7.21. The normalized spacial score (nSPS) is 10.5. The number of hydrogen-bond acceptors (Lipinski definition) is 4. The maximum atomic E-state index is 13.3. The Morgan fingerprint density at radius 3 is 1.96 bits per heavy atom. The summed E-state index contributed by atoms with van der Waals surface area (Å²) in [5, 5.41) is 0. The first-order valence-electron chi connectivity index (χ1n) is 8.69. The van der Waals surface area contributed by atoms with Gasteiger partial charge < -0.3 is 14.2 Å². The van der Waals surface area contributed by atoms with Crippen LogP contribution in [0, 0.1) is 6.92 Å². The molecule has 0 heterocycles. The van der Waals surface area contributed by atoms with Gasteiger partial charge in [-0.15, -0.1) is 0 Å². The standard InChI is InChI=1S/C23H21BrO4/c1-14-5-10-18(19(11-14)23(25)15-6-8-16(24)9-7-15)22-20(27-3)12-17(26-2)13-21(22)28-4/h5-13H,1-4H3. The molecule has 3 aromatic rings. The van der Waals surface area contributed by atoms with Crippen molar-refractivity contribution in [1.82, 2.24) is 0 Å². The lowest BCUT2D eigenvalue weighted by atomic mass is 9.91. The number of rotatable bonds is 6. The van der Waals surface area contributed by atoms with Gasteiger partial charge >= 0.3 is 0 Å². The molecule has 3 rings (SSSR count). The molecule has 0 bridgehead atoms. The van der Waals surface area contributed by atoms with Crippen LogP contribution in [0.15, 0.2) is 59.1 Å². The molecule has 0 saturated carbocycles. The Morgan fingerprint density at radius 1 is 0.821 bits per heavy atom. The molecule has 0 atom stereocenters. The maximum Gasteiger partial charge on any atom is 0.193 e. The van der Waals surface area contributed by atoms with E-state index in [1.807, 2.05) is 37.3 Å². The minimum atomic E-state index is -0.0638. The van der Waals surface area contributed by atoms with Gasteiger partial charge in [-0.2, -0.15) is 0 Å². The predicted molar refractivity (Wildman–Crippen MR) is 114 cm³/mol. The van der Waals surface area contributed by atoms with E-state index in [0.29, 0.717) is 33.9 Å². The average Bonchev–Trinajstić information content (AvgIpc) is 2.72. The molecule has 4 nitrogen and oxygen atoms in total. The average molecular weight is 441 g/mol. The van der Waals surface area contributed by atoms with Gasteiger partial charge in [0.1, 0.15) is 17.2 Å². The number of benzene rings is 3. The third-order valence-electron chi connectivity index (χ3n) is 4.51. The summed E-state index contributed by atoms with van der Waals surface area (Å²) in [5.41, 5.74) is 3.65. The van der Waals surface area contributed by atoms with E-state index < -0.39 is 0 Å². The van der Waals surface area contributed by atoms with Crippen LogP contribution < -0.4 is 14.2 Å². The van der Waals surface area contributed by atoms with E-state index in [9.17, 15) is 4.79 Å². The van der Waals surface area contributed by atoms with E-state index in [0.717, 1.165) is 15.6 Å². The lowest BCUT2D eigenvalue weighted by Gasteiger charge is -2.18. The number of hydrogen-bond donors (Lipinski definition) is 0. The molecular weight excluding hydrogens is 420 g/mol. The van der Waals surface area contributed by atoms with Gasteiger partial charge in [0.2, 0.25) is 0 Å². The van der Waals surface area contributed by atoms with Gasteiger partial charge in [0.05, 0.1) is 26.9 Å². The van der Waals surface area contributed by atoms with Crippen molar-refractivity contribution in [2.24, 2.45) is 0 Å². The molecule has 0 radical (unpaired) electrons. The van der Waals surface area contributed by atoms with Crippen molar-refractivity contribution >= 4 is 21.7 Å². The lowest BCUT2D eigenvalue weighted by Crippen LogP contribution is -2.05. The topological polar surface area (TPSA) is 44.8 Å². The van der Waals surface area contributed by atoms with Crippen LogP contribution in [0.4, 0.5) is 0 Å². The highest BCUT2D eigenvalue weighted by molar-refractivity contribution is 9.10. The van der Waals surface area contributed by atoms with E-state index in [1.165, 1.54) is 0 Å². The second kappa shape index (κ2) is 8.48. The molecule has 144 valence electrons. The van der Waals surface area contributed by atoms with Crippen molar-refractivity contribution in [1.29, 1.82) is 0 Å².